The van der Waals surface area contributed by atoms with Gasteiger partial charge in [-0.05, 0) is 37.4 Å². The molecule has 0 N–H and O–H groups in total. The van der Waals surface area contributed by atoms with Gasteiger partial charge in [-0.25, -0.2) is 0 Å². The summed E-state index contributed by atoms with van der Waals surface area (Å²) in [5, 5.41) is 0.415. The van der Waals surface area contributed by atoms with Crippen molar-refractivity contribution in [2.24, 2.45) is 0 Å². The summed E-state index contributed by atoms with van der Waals surface area (Å²) in [6.45, 7) is 2.39. The van der Waals surface area contributed by atoms with E-state index in [0.717, 1.165) is 13.1 Å². The molecule has 2 aliphatic heterocycles. The molecular weight excluding hydrogens is 434 g/mol. The van der Waals surface area contributed by atoms with Gasteiger partial charge in [0.1, 0.15) is 18.0 Å². The number of para-hydroxylation sites is 1. The number of halogens is 1. The van der Waals surface area contributed by atoms with Crippen LogP contribution in [0.3, 0.4) is 0 Å². The predicted octanol–water partition coefficient (Wildman–Crippen LogP) is 2.10. The number of hydrogen-bond donors (Lipinski definition) is 0. The quantitative estimate of drug-likeness (QED) is 0.618. The molecule has 2 amide bonds. The maximum atomic E-state index is 12.8. The standard InChI is InChI=1S/C23H24ClN3O5/c1-25-8-10-26(11-9-25)22(29)13-27-18-12-16(6-7-21(18)32-15-23(27)30)19(28)14-31-20-5-3-2-4-17(20)24/h2-7,12H,8-11,13-15H2,1H3. The molecule has 0 saturated carbocycles. The molecule has 0 radical (unpaired) electrons. The normalized spacial score (nSPS) is 16.4. The van der Waals surface area contributed by atoms with Crippen LogP contribution < -0.4 is 14.4 Å². The number of likely N-dealkylation sites (N-methyl/N-ethyl adjacent to an activating group) is 1. The van der Waals surface area contributed by atoms with E-state index >= 15 is 0 Å². The molecule has 2 aromatic carbocycles. The van der Waals surface area contributed by atoms with Crippen LogP contribution in [0.2, 0.25) is 5.02 Å². The van der Waals surface area contributed by atoms with Crippen molar-refractivity contribution in [3.8, 4) is 11.5 Å². The van der Waals surface area contributed by atoms with Crippen LogP contribution in [-0.4, -0.2) is 80.4 Å². The number of amides is 2. The number of carbonyl (C=O) groups is 3. The van der Waals surface area contributed by atoms with E-state index in [1.807, 2.05) is 7.05 Å². The number of ether oxygens (including phenoxy) is 2. The average molecular weight is 458 g/mol. The van der Waals surface area contributed by atoms with E-state index in [1.54, 1.807) is 47.4 Å². The van der Waals surface area contributed by atoms with Crippen LogP contribution in [0.1, 0.15) is 10.4 Å². The Kier molecular flexibility index (Phi) is 6.62. The second-order valence-corrected chi connectivity index (χ2v) is 8.18. The number of hydrogen-bond acceptors (Lipinski definition) is 6. The van der Waals surface area contributed by atoms with Gasteiger partial charge in [0.15, 0.2) is 19.0 Å². The van der Waals surface area contributed by atoms with Gasteiger partial charge < -0.3 is 19.3 Å². The largest absolute Gasteiger partial charge is 0.484 e. The first-order valence-corrected chi connectivity index (χ1v) is 10.7. The van der Waals surface area contributed by atoms with Crippen molar-refractivity contribution in [3.05, 3.63) is 53.1 Å². The van der Waals surface area contributed by atoms with Gasteiger partial charge in [0.2, 0.25) is 5.91 Å². The third-order valence-electron chi connectivity index (χ3n) is 5.57. The highest BCUT2D eigenvalue weighted by atomic mass is 35.5. The highest BCUT2D eigenvalue weighted by molar-refractivity contribution is 6.32. The lowest BCUT2D eigenvalue weighted by Gasteiger charge is -2.35. The monoisotopic (exact) mass is 457 g/mol. The minimum atomic E-state index is -0.322. The lowest BCUT2D eigenvalue weighted by molar-refractivity contribution is -0.133. The van der Waals surface area contributed by atoms with E-state index in [-0.39, 0.29) is 37.4 Å². The Balaban J connectivity index is 1.48. The molecule has 9 heteroatoms. The molecule has 4 rings (SSSR count). The topological polar surface area (TPSA) is 79.4 Å². The van der Waals surface area contributed by atoms with Crippen LogP contribution in [0.15, 0.2) is 42.5 Å². The third kappa shape index (κ3) is 4.87. The zero-order chi connectivity index (χ0) is 22.7. The zero-order valence-corrected chi connectivity index (χ0v) is 18.5. The first-order valence-electron chi connectivity index (χ1n) is 10.4. The Hall–Kier alpha value is -3.10. The Morgan fingerprint density at radius 2 is 1.84 bits per heavy atom. The van der Waals surface area contributed by atoms with Crippen molar-refractivity contribution in [1.82, 2.24) is 9.80 Å². The van der Waals surface area contributed by atoms with Crippen LogP contribution in [0.4, 0.5) is 5.69 Å². The molecule has 2 aromatic rings. The van der Waals surface area contributed by atoms with E-state index in [9.17, 15) is 14.4 Å². The summed E-state index contributed by atoms with van der Waals surface area (Å²) in [6, 6.07) is 11.7. The molecule has 0 bridgehead atoms. The Morgan fingerprint density at radius 1 is 1.09 bits per heavy atom. The SMILES string of the molecule is CN1CCN(C(=O)CN2C(=O)COc3ccc(C(=O)COc4ccccc4Cl)cc32)CC1. The smallest absolute Gasteiger partial charge is 0.265 e. The van der Waals surface area contributed by atoms with Gasteiger partial charge in [0, 0.05) is 31.7 Å². The van der Waals surface area contributed by atoms with Crippen LogP contribution in [0.25, 0.3) is 0 Å². The highest BCUT2D eigenvalue weighted by Gasteiger charge is 2.30. The van der Waals surface area contributed by atoms with E-state index in [2.05, 4.69) is 4.90 Å². The second-order valence-electron chi connectivity index (χ2n) is 7.78. The number of carbonyl (C=O) groups excluding carboxylic acids is 3. The fourth-order valence-electron chi connectivity index (χ4n) is 3.63. The number of fused-ring (bicyclic) bond motifs is 1. The maximum absolute atomic E-state index is 12.8. The molecule has 0 aromatic heterocycles. The lowest BCUT2D eigenvalue weighted by Crippen LogP contribution is -2.52. The van der Waals surface area contributed by atoms with Gasteiger partial charge in [0.25, 0.3) is 5.91 Å². The van der Waals surface area contributed by atoms with E-state index in [4.69, 9.17) is 21.1 Å². The number of anilines is 1. The first kappa shape index (κ1) is 22.1. The van der Waals surface area contributed by atoms with Crippen molar-refractivity contribution in [2.45, 2.75) is 0 Å². The van der Waals surface area contributed by atoms with Gasteiger partial charge in [-0.3, -0.25) is 19.3 Å². The summed E-state index contributed by atoms with van der Waals surface area (Å²) >= 11 is 6.07. The molecule has 0 unspecified atom stereocenters. The van der Waals surface area contributed by atoms with E-state index < -0.39 is 0 Å². The minimum Gasteiger partial charge on any atom is -0.484 e. The highest BCUT2D eigenvalue weighted by Crippen LogP contribution is 2.33. The van der Waals surface area contributed by atoms with Crippen molar-refractivity contribution >= 4 is 34.9 Å². The molecule has 32 heavy (non-hydrogen) atoms. The summed E-state index contributed by atoms with van der Waals surface area (Å²) in [4.78, 5) is 43.4. The molecule has 1 saturated heterocycles. The van der Waals surface area contributed by atoms with Crippen LogP contribution >= 0.6 is 11.6 Å². The average Bonchev–Trinajstić information content (AvgIpc) is 2.80. The number of ketones is 1. The molecule has 2 aliphatic rings. The molecule has 168 valence electrons. The molecular formula is C23H24ClN3O5. The predicted molar refractivity (Wildman–Crippen MR) is 120 cm³/mol. The molecule has 1 fully saturated rings. The summed E-state index contributed by atoms with van der Waals surface area (Å²) in [5.74, 6) is 0.142. The summed E-state index contributed by atoms with van der Waals surface area (Å²) in [6.07, 6.45) is 0. The summed E-state index contributed by atoms with van der Waals surface area (Å²) < 4.78 is 11.0. The Bertz CT molecular complexity index is 1040. The number of Topliss-reactive ketones (excluding diaryl/α,β-unsaturated/α-hetero) is 1. The number of benzene rings is 2. The zero-order valence-electron chi connectivity index (χ0n) is 17.8. The van der Waals surface area contributed by atoms with Crippen LogP contribution in [0, 0.1) is 0 Å². The summed E-state index contributed by atoms with van der Waals surface area (Å²) in [5.41, 5.74) is 0.762. The van der Waals surface area contributed by atoms with Gasteiger partial charge in [0.05, 0.1) is 10.7 Å². The number of nitrogens with zero attached hydrogens (tertiary/aromatic N) is 3. The van der Waals surface area contributed by atoms with Gasteiger partial charge in [-0.2, -0.15) is 0 Å². The molecule has 2 heterocycles. The van der Waals surface area contributed by atoms with Gasteiger partial charge in [-0.1, -0.05) is 23.7 Å². The fourth-order valence-corrected chi connectivity index (χ4v) is 3.82. The fraction of sp³-hybridized carbons (Fsp3) is 0.348. The molecule has 0 spiro atoms. The molecule has 0 aliphatic carbocycles. The van der Waals surface area contributed by atoms with Gasteiger partial charge >= 0.3 is 0 Å². The van der Waals surface area contributed by atoms with Crippen molar-refractivity contribution in [2.75, 3.05) is 57.9 Å². The van der Waals surface area contributed by atoms with Crippen molar-refractivity contribution in [3.63, 3.8) is 0 Å². The lowest BCUT2D eigenvalue weighted by atomic mass is 10.1. The first-order chi connectivity index (χ1) is 15.4. The molecule has 8 nitrogen and oxygen atoms in total. The number of rotatable bonds is 6. The Morgan fingerprint density at radius 3 is 2.59 bits per heavy atom. The van der Waals surface area contributed by atoms with E-state index in [0.29, 0.717) is 40.9 Å². The Labute approximate surface area is 191 Å². The number of piperazine rings is 1. The van der Waals surface area contributed by atoms with Crippen LogP contribution in [0.5, 0.6) is 11.5 Å². The minimum absolute atomic E-state index is 0.0906. The van der Waals surface area contributed by atoms with Crippen molar-refractivity contribution < 1.29 is 23.9 Å². The van der Waals surface area contributed by atoms with E-state index in [1.165, 1.54) is 4.90 Å². The second kappa shape index (κ2) is 9.58. The van der Waals surface area contributed by atoms with Crippen LogP contribution in [-0.2, 0) is 9.59 Å². The molecule has 0 atom stereocenters. The summed E-state index contributed by atoms with van der Waals surface area (Å²) in [7, 11) is 2.01. The van der Waals surface area contributed by atoms with Crippen molar-refractivity contribution in [1.29, 1.82) is 0 Å². The third-order valence-corrected chi connectivity index (χ3v) is 5.88. The van der Waals surface area contributed by atoms with Gasteiger partial charge in [-0.15, -0.1) is 0 Å². The maximum Gasteiger partial charge on any atom is 0.265 e.